The maximum Gasteiger partial charge on any atom is 0.409 e. The first kappa shape index (κ1) is 11.5. The van der Waals surface area contributed by atoms with Crippen molar-refractivity contribution in [1.29, 1.82) is 0 Å². The van der Waals surface area contributed by atoms with E-state index in [1.165, 1.54) is 5.56 Å². The van der Waals surface area contributed by atoms with Gasteiger partial charge >= 0.3 is 6.09 Å². The van der Waals surface area contributed by atoms with Gasteiger partial charge in [-0.3, -0.25) is 0 Å². The Morgan fingerprint density at radius 1 is 1.38 bits per heavy atom. The number of likely N-dealkylation sites (N-methyl/N-ethyl adjacent to an activating group) is 1. The van der Waals surface area contributed by atoms with Gasteiger partial charge in [0.25, 0.3) is 0 Å². The van der Waals surface area contributed by atoms with Crippen LogP contribution in [0.5, 0.6) is 0 Å². The lowest BCUT2D eigenvalue weighted by Crippen LogP contribution is -2.49. The van der Waals surface area contributed by atoms with Gasteiger partial charge in [-0.1, -0.05) is 35.0 Å². The fraction of sp³-hybridized carbons (Fsp3) is 0.417. The van der Waals surface area contributed by atoms with Gasteiger partial charge in [0.05, 0.1) is 0 Å². The molecule has 1 aliphatic rings. The average Bonchev–Trinajstić information content (AvgIpc) is 2.25. The summed E-state index contributed by atoms with van der Waals surface area (Å²) in [6.45, 7) is 3.24. The molecule has 1 atom stereocenters. The van der Waals surface area contributed by atoms with Gasteiger partial charge in [-0.25, -0.2) is 4.79 Å². The van der Waals surface area contributed by atoms with Crippen molar-refractivity contribution in [3.63, 3.8) is 0 Å². The summed E-state index contributed by atoms with van der Waals surface area (Å²) >= 11 is 3.41. The van der Waals surface area contributed by atoms with Gasteiger partial charge in [-0.2, -0.15) is 0 Å². The predicted molar refractivity (Wildman–Crippen MR) is 65.5 cm³/mol. The van der Waals surface area contributed by atoms with Gasteiger partial charge in [0.2, 0.25) is 0 Å². The van der Waals surface area contributed by atoms with Crippen molar-refractivity contribution in [2.24, 2.45) is 0 Å². The molecule has 0 bridgehead atoms. The summed E-state index contributed by atoms with van der Waals surface area (Å²) in [4.78, 5) is 12.9. The SMILES string of the molecule is CN1CC(C)(c2ccc(Br)cc2)COC1=O. The number of hydrogen-bond acceptors (Lipinski definition) is 2. The molecule has 1 fully saturated rings. The third-order valence-corrected chi connectivity index (χ3v) is 3.48. The molecule has 1 aliphatic heterocycles. The van der Waals surface area contributed by atoms with Crippen LogP contribution in [0.1, 0.15) is 12.5 Å². The second-order valence-electron chi connectivity index (χ2n) is 4.48. The van der Waals surface area contributed by atoms with Crippen LogP contribution in [0.4, 0.5) is 4.79 Å². The minimum Gasteiger partial charge on any atom is -0.448 e. The first-order valence-electron chi connectivity index (χ1n) is 5.15. The number of rotatable bonds is 1. The van der Waals surface area contributed by atoms with Crippen LogP contribution < -0.4 is 0 Å². The van der Waals surface area contributed by atoms with E-state index in [1.807, 2.05) is 12.1 Å². The number of benzene rings is 1. The topological polar surface area (TPSA) is 29.5 Å². The van der Waals surface area contributed by atoms with Gasteiger partial charge in [0.15, 0.2) is 0 Å². The first-order chi connectivity index (χ1) is 7.51. The van der Waals surface area contributed by atoms with E-state index in [0.29, 0.717) is 13.2 Å². The maximum atomic E-state index is 11.3. The lowest BCUT2D eigenvalue weighted by atomic mass is 9.82. The second-order valence-corrected chi connectivity index (χ2v) is 5.39. The monoisotopic (exact) mass is 283 g/mol. The third-order valence-electron chi connectivity index (χ3n) is 2.95. The standard InChI is InChI=1S/C12H14BrNO2/c1-12(7-14(2)11(15)16-8-12)9-3-5-10(13)6-4-9/h3-6H,7-8H2,1-2H3. The zero-order valence-corrected chi connectivity index (χ0v) is 11.0. The van der Waals surface area contributed by atoms with Gasteiger partial charge in [0.1, 0.15) is 6.61 Å². The summed E-state index contributed by atoms with van der Waals surface area (Å²) in [7, 11) is 1.76. The molecule has 1 unspecified atom stereocenters. The first-order valence-corrected chi connectivity index (χ1v) is 5.94. The number of nitrogens with zero attached hydrogens (tertiary/aromatic N) is 1. The Balaban J connectivity index is 2.25. The van der Waals surface area contributed by atoms with E-state index in [9.17, 15) is 4.79 Å². The molecule has 0 saturated carbocycles. The fourth-order valence-corrected chi connectivity index (χ4v) is 2.26. The highest BCUT2D eigenvalue weighted by atomic mass is 79.9. The van der Waals surface area contributed by atoms with E-state index in [1.54, 1.807) is 11.9 Å². The molecule has 86 valence electrons. The van der Waals surface area contributed by atoms with Crippen molar-refractivity contribution < 1.29 is 9.53 Å². The number of carbonyl (C=O) groups excluding carboxylic acids is 1. The second kappa shape index (κ2) is 4.09. The number of carbonyl (C=O) groups is 1. The molecule has 1 amide bonds. The molecule has 16 heavy (non-hydrogen) atoms. The fourth-order valence-electron chi connectivity index (χ4n) is 1.99. The third kappa shape index (κ3) is 2.07. The Morgan fingerprint density at radius 3 is 2.56 bits per heavy atom. The minimum absolute atomic E-state index is 0.122. The summed E-state index contributed by atoms with van der Waals surface area (Å²) in [6.07, 6.45) is -0.241. The molecule has 0 spiro atoms. The molecule has 0 aliphatic carbocycles. The number of hydrogen-bond donors (Lipinski definition) is 0. The molecular weight excluding hydrogens is 270 g/mol. The molecule has 1 saturated heterocycles. The highest BCUT2D eigenvalue weighted by Crippen LogP contribution is 2.29. The molecule has 1 aromatic carbocycles. The van der Waals surface area contributed by atoms with Crippen molar-refractivity contribution in [2.75, 3.05) is 20.2 Å². The number of ether oxygens (including phenoxy) is 1. The maximum absolute atomic E-state index is 11.3. The molecule has 0 aromatic heterocycles. The quantitative estimate of drug-likeness (QED) is 0.793. The molecule has 1 aromatic rings. The molecule has 4 heteroatoms. The Kier molecular flexibility index (Phi) is 2.93. The lowest BCUT2D eigenvalue weighted by Gasteiger charge is -2.38. The van der Waals surface area contributed by atoms with Crippen LogP contribution in [0.15, 0.2) is 28.7 Å². The zero-order valence-electron chi connectivity index (χ0n) is 9.37. The van der Waals surface area contributed by atoms with Crippen LogP contribution >= 0.6 is 15.9 Å². The van der Waals surface area contributed by atoms with Crippen molar-refractivity contribution in [3.8, 4) is 0 Å². The molecule has 0 N–H and O–H groups in total. The molecular formula is C12H14BrNO2. The normalized spacial score (nSPS) is 25.4. The van der Waals surface area contributed by atoms with E-state index in [2.05, 4.69) is 35.0 Å². The average molecular weight is 284 g/mol. The predicted octanol–water partition coefficient (Wildman–Crippen LogP) is 2.79. The van der Waals surface area contributed by atoms with Crippen LogP contribution in [0, 0.1) is 0 Å². The number of halogens is 1. The summed E-state index contributed by atoms with van der Waals surface area (Å²) < 4.78 is 6.22. The van der Waals surface area contributed by atoms with Crippen LogP contribution in [0.2, 0.25) is 0 Å². The van der Waals surface area contributed by atoms with Gasteiger partial charge in [-0.05, 0) is 17.7 Å². The minimum atomic E-state index is -0.241. The summed E-state index contributed by atoms with van der Waals surface area (Å²) in [6, 6.07) is 8.15. The summed E-state index contributed by atoms with van der Waals surface area (Å²) in [5.74, 6) is 0. The molecule has 3 nitrogen and oxygen atoms in total. The van der Waals surface area contributed by atoms with Crippen LogP contribution in [0.3, 0.4) is 0 Å². The Hall–Kier alpha value is -1.03. The Labute approximate surface area is 104 Å². The molecule has 2 rings (SSSR count). The Bertz CT molecular complexity index is 404. The van der Waals surface area contributed by atoms with Crippen molar-refractivity contribution in [1.82, 2.24) is 4.90 Å². The van der Waals surface area contributed by atoms with E-state index in [4.69, 9.17) is 4.74 Å². The number of amides is 1. The highest BCUT2D eigenvalue weighted by Gasteiger charge is 2.36. The van der Waals surface area contributed by atoms with Crippen LogP contribution in [-0.4, -0.2) is 31.2 Å². The van der Waals surface area contributed by atoms with Crippen molar-refractivity contribution >= 4 is 22.0 Å². The summed E-state index contributed by atoms with van der Waals surface area (Å²) in [5.41, 5.74) is 1.07. The van der Waals surface area contributed by atoms with E-state index in [0.717, 1.165) is 4.47 Å². The highest BCUT2D eigenvalue weighted by molar-refractivity contribution is 9.10. The van der Waals surface area contributed by atoms with Crippen LogP contribution in [0.25, 0.3) is 0 Å². The smallest absolute Gasteiger partial charge is 0.409 e. The largest absolute Gasteiger partial charge is 0.448 e. The lowest BCUT2D eigenvalue weighted by molar-refractivity contribution is 0.0430. The van der Waals surface area contributed by atoms with Gasteiger partial charge in [-0.15, -0.1) is 0 Å². The Morgan fingerprint density at radius 2 is 2.00 bits per heavy atom. The van der Waals surface area contributed by atoms with E-state index >= 15 is 0 Å². The van der Waals surface area contributed by atoms with Crippen molar-refractivity contribution in [2.45, 2.75) is 12.3 Å². The van der Waals surface area contributed by atoms with Gasteiger partial charge < -0.3 is 9.64 Å². The summed E-state index contributed by atoms with van der Waals surface area (Å²) in [5, 5.41) is 0. The van der Waals surface area contributed by atoms with E-state index < -0.39 is 0 Å². The number of cyclic esters (lactones) is 1. The van der Waals surface area contributed by atoms with Crippen molar-refractivity contribution in [3.05, 3.63) is 34.3 Å². The van der Waals surface area contributed by atoms with E-state index in [-0.39, 0.29) is 11.5 Å². The molecule has 0 radical (unpaired) electrons. The molecule has 1 heterocycles. The van der Waals surface area contributed by atoms with Crippen LogP contribution in [-0.2, 0) is 10.2 Å². The van der Waals surface area contributed by atoms with Gasteiger partial charge in [0, 0.05) is 23.5 Å². The zero-order chi connectivity index (χ0) is 11.8.